The van der Waals surface area contributed by atoms with E-state index in [0.29, 0.717) is 12.8 Å². The minimum Gasteiger partial charge on any atom is -0.747 e. The van der Waals surface area contributed by atoms with Crippen LogP contribution in [0.15, 0.2) is 0 Å². The Hall–Kier alpha value is -0.150. The third kappa shape index (κ3) is 14.7. The van der Waals surface area contributed by atoms with Gasteiger partial charge >= 0.3 is 41.5 Å². The van der Waals surface area contributed by atoms with Gasteiger partial charge in [0.15, 0.2) is 5.25 Å². The summed E-state index contributed by atoms with van der Waals surface area (Å²) in [7, 11) is -4.97. The first-order chi connectivity index (χ1) is 11.3. The van der Waals surface area contributed by atoms with Gasteiger partial charge in [0.25, 0.3) is 0 Å². The maximum atomic E-state index is 11.8. The molecule has 9 heteroatoms. The van der Waals surface area contributed by atoms with Crippen molar-refractivity contribution in [3.05, 3.63) is 0 Å². The van der Waals surface area contributed by atoms with Crippen molar-refractivity contribution >= 4 is 22.1 Å². The second-order valence-corrected chi connectivity index (χ2v) is 7.25. The molecule has 0 saturated carbocycles. The number of carbonyl (C=O) groups is 2. The predicted octanol–water partition coefficient (Wildman–Crippen LogP) is -0.459. The zero-order chi connectivity index (χ0) is 18.4. The van der Waals surface area contributed by atoms with Gasteiger partial charge in [0.05, 0.1) is 19.6 Å². The van der Waals surface area contributed by atoms with Crippen molar-refractivity contribution in [1.29, 1.82) is 0 Å². The zero-order valence-electron chi connectivity index (χ0n) is 15.6. The second-order valence-electron chi connectivity index (χ2n) is 5.69. The van der Waals surface area contributed by atoms with E-state index in [1.807, 2.05) is 13.8 Å². The van der Waals surface area contributed by atoms with Crippen molar-refractivity contribution in [1.82, 2.24) is 0 Å². The van der Waals surface area contributed by atoms with E-state index in [1.165, 1.54) is 0 Å². The van der Waals surface area contributed by atoms with Gasteiger partial charge in [-0.1, -0.05) is 52.4 Å². The summed E-state index contributed by atoms with van der Waals surface area (Å²) in [6, 6.07) is 0. The Balaban J connectivity index is 0. The number of unbranched alkanes of at least 4 members (excludes halogenated alkanes) is 6. The molecule has 7 nitrogen and oxygen atoms in total. The summed E-state index contributed by atoms with van der Waals surface area (Å²) in [6.45, 7) is 4.26. The van der Waals surface area contributed by atoms with Crippen LogP contribution < -0.4 is 29.6 Å². The normalized spacial score (nSPS) is 12.1. The van der Waals surface area contributed by atoms with Gasteiger partial charge in [0, 0.05) is 0 Å². The predicted molar refractivity (Wildman–Crippen MR) is 88.3 cm³/mol. The maximum absolute atomic E-state index is 11.8. The number of hydrogen-bond acceptors (Lipinski definition) is 7. The molecule has 1 unspecified atom stereocenters. The van der Waals surface area contributed by atoms with Gasteiger partial charge in [0.2, 0.25) is 0 Å². The quantitative estimate of drug-likeness (QED) is 0.171. The standard InChI is InChI=1S/C16H30O7S.Na/c1-3-5-7-9-11-22-15(17)13-14(24(19,20)21)16(18)23-12-10-8-6-4-2;/h14H,3-13H2,1-2H3,(H,19,20,21);/q;+1/p-1. The van der Waals surface area contributed by atoms with Gasteiger partial charge < -0.3 is 14.0 Å². The molecule has 0 bridgehead atoms. The molecule has 0 amide bonds. The van der Waals surface area contributed by atoms with Gasteiger partial charge in [-0.2, -0.15) is 0 Å². The van der Waals surface area contributed by atoms with Crippen molar-refractivity contribution < 1.29 is 61.6 Å². The van der Waals surface area contributed by atoms with E-state index in [9.17, 15) is 22.6 Å². The van der Waals surface area contributed by atoms with E-state index in [-0.39, 0.29) is 42.8 Å². The Morgan fingerprint density at radius 1 is 0.880 bits per heavy atom. The minimum atomic E-state index is -4.97. The van der Waals surface area contributed by atoms with Crippen LogP contribution in [-0.2, 0) is 29.2 Å². The molecule has 0 aliphatic carbocycles. The fourth-order valence-corrected chi connectivity index (χ4v) is 2.67. The molecule has 142 valence electrons. The molecule has 0 rings (SSSR count). The zero-order valence-corrected chi connectivity index (χ0v) is 18.4. The first-order valence-electron chi connectivity index (χ1n) is 8.59. The van der Waals surface area contributed by atoms with Crippen molar-refractivity contribution in [2.24, 2.45) is 0 Å². The fourth-order valence-electron chi connectivity index (χ4n) is 2.02. The van der Waals surface area contributed by atoms with Crippen LogP contribution in [0.25, 0.3) is 0 Å². The molecule has 0 spiro atoms. The van der Waals surface area contributed by atoms with Crippen LogP contribution in [0.5, 0.6) is 0 Å². The Labute approximate surface area is 173 Å². The monoisotopic (exact) mass is 388 g/mol. The van der Waals surface area contributed by atoms with Crippen LogP contribution in [0.1, 0.15) is 71.6 Å². The topological polar surface area (TPSA) is 110 Å². The van der Waals surface area contributed by atoms with Gasteiger partial charge in [-0.15, -0.1) is 0 Å². The molecule has 0 aromatic heterocycles. The molecule has 0 aliphatic heterocycles. The summed E-state index contributed by atoms with van der Waals surface area (Å²) in [5, 5.41) is -2.04. The Bertz CT molecular complexity index is 465. The van der Waals surface area contributed by atoms with Crippen LogP contribution in [0, 0.1) is 0 Å². The summed E-state index contributed by atoms with van der Waals surface area (Å²) in [6.07, 6.45) is 6.23. The van der Waals surface area contributed by atoms with Crippen LogP contribution in [0.2, 0.25) is 0 Å². The summed E-state index contributed by atoms with van der Waals surface area (Å²) >= 11 is 0. The minimum absolute atomic E-state index is 0. The number of esters is 2. The summed E-state index contributed by atoms with van der Waals surface area (Å²) in [4.78, 5) is 23.4. The Kier molecular flexibility index (Phi) is 17.4. The maximum Gasteiger partial charge on any atom is 1.00 e. The van der Waals surface area contributed by atoms with Crippen molar-refractivity contribution in [2.75, 3.05) is 13.2 Å². The van der Waals surface area contributed by atoms with Crippen LogP contribution in [0.4, 0.5) is 0 Å². The summed E-state index contributed by atoms with van der Waals surface area (Å²) in [5.41, 5.74) is 0. The number of hydrogen-bond donors (Lipinski definition) is 0. The van der Waals surface area contributed by atoms with Crippen molar-refractivity contribution in [2.45, 2.75) is 76.9 Å². The summed E-state index contributed by atoms with van der Waals surface area (Å²) in [5.74, 6) is -2.05. The molecule has 1 atom stereocenters. The molecule has 25 heavy (non-hydrogen) atoms. The number of rotatable bonds is 14. The molecular formula is C16H29NaO7S. The Morgan fingerprint density at radius 2 is 1.36 bits per heavy atom. The van der Waals surface area contributed by atoms with Crippen LogP contribution >= 0.6 is 0 Å². The van der Waals surface area contributed by atoms with Crippen molar-refractivity contribution in [3.63, 3.8) is 0 Å². The van der Waals surface area contributed by atoms with E-state index in [2.05, 4.69) is 0 Å². The van der Waals surface area contributed by atoms with E-state index in [4.69, 9.17) is 9.47 Å². The average Bonchev–Trinajstić information content (AvgIpc) is 2.51. The third-order valence-electron chi connectivity index (χ3n) is 3.47. The molecule has 0 radical (unpaired) electrons. The van der Waals surface area contributed by atoms with E-state index >= 15 is 0 Å². The summed E-state index contributed by atoms with van der Waals surface area (Å²) < 4.78 is 43.3. The molecule has 0 heterocycles. The van der Waals surface area contributed by atoms with Crippen molar-refractivity contribution in [3.8, 4) is 0 Å². The smallest absolute Gasteiger partial charge is 0.747 e. The molecular weight excluding hydrogens is 359 g/mol. The molecule has 0 saturated heterocycles. The van der Waals surface area contributed by atoms with E-state index < -0.39 is 33.7 Å². The molecule has 0 aromatic carbocycles. The van der Waals surface area contributed by atoms with E-state index in [0.717, 1.165) is 38.5 Å². The Morgan fingerprint density at radius 3 is 1.80 bits per heavy atom. The first-order valence-corrected chi connectivity index (χ1v) is 10.1. The SMILES string of the molecule is CCCCCCOC(=O)CC(C(=O)OCCCCCC)S(=O)(=O)[O-].[Na+]. The van der Waals surface area contributed by atoms with E-state index in [1.54, 1.807) is 0 Å². The first kappa shape index (κ1) is 27.1. The van der Waals surface area contributed by atoms with Gasteiger partial charge in [-0.3, -0.25) is 9.59 Å². The molecule has 0 fully saturated rings. The molecule has 0 N–H and O–H groups in total. The largest absolute Gasteiger partial charge is 1.00 e. The number of carbonyl (C=O) groups excluding carboxylic acids is 2. The van der Waals surface area contributed by atoms with Crippen LogP contribution in [-0.4, -0.2) is 43.4 Å². The second kappa shape index (κ2) is 16.1. The third-order valence-corrected chi connectivity index (χ3v) is 4.52. The average molecular weight is 388 g/mol. The van der Waals surface area contributed by atoms with Crippen LogP contribution in [0.3, 0.4) is 0 Å². The van der Waals surface area contributed by atoms with Gasteiger partial charge in [0.1, 0.15) is 10.1 Å². The van der Waals surface area contributed by atoms with Gasteiger partial charge in [-0.05, 0) is 12.8 Å². The molecule has 0 aromatic rings. The fraction of sp³-hybridized carbons (Fsp3) is 0.875. The number of ether oxygens (including phenoxy) is 2. The van der Waals surface area contributed by atoms with Gasteiger partial charge in [-0.25, -0.2) is 8.42 Å². The molecule has 0 aliphatic rings.